The Kier molecular flexibility index (Phi) is 10.7. The molecule has 110 valence electrons. The number of rotatable bonds is 12. The van der Waals surface area contributed by atoms with E-state index in [9.17, 15) is 0 Å². The van der Waals surface area contributed by atoms with Crippen LogP contribution in [0.25, 0.3) is 0 Å². The van der Waals surface area contributed by atoms with Gasteiger partial charge < -0.3 is 15.0 Å². The first-order chi connectivity index (χ1) is 8.61. The van der Waals surface area contributed by atoms with Crippen LogP contribution < -0.4 is 5.32 Å². The molecule has 0 spiro atoms. The van der Waals surface area contributed by atoms with Crippen LogP contribution in [0.2, 0.25) is 0 Å². The van der Waals surface area contributed by atoms with Crippen molar-refractivity contribution in [3.05, 3.63) is 0 Å². The van der Waals surface area contributed by atoms with Crippen molar-refractivity contribution in [1.29, 1.82) is 0 Å². The molecule has 0 heterocycles. The second kappa shape index (κ2) is 10.8. The third-order valence-corrected chi connectivity index (χ3v) is 3.64. The minimum Gasteiger partial charge on any atom is -0.380 e. The Morgan fingerprint density at radius 1 is 1.17 bits per heavy atom. The van der Waals surface area contributed by atoms with E-state index in [1.54, 1.807) is 0 Å². The molecule has 0 aliphatic heterocycles. The average Bonchev–Trinajstić information content (AvgIpc) is 2.38. The minimum atomic E-state index is 0.372. The Morgan fingerprint density at radius 2 is 1.89 bits per heavy atom. The van der Waals surface area contributed by atoms with Crippen molar-refractivity contribution in [2.24, 2.45) is 5.41 Å². The Balaban J connectivity index is 4.10. The fourth-order valence-corrected chi connectivity index (χ4v) is 2.09. The SMILES string of the molecule is CCCNCC(C)(CC)CN(CC)CCOCC. The van der Waals surface area contributed by atoms with Crippen LogP contribution in [0.4, 0.5) is 0 Å². The van der Waals surface area contributed by atoms with E-state index in [2.05, 4.69) is 44.8 Å². The standard InChI is InChI=1S/C15H34N2O/c1-6-10-16-13-15(5,7-2)14-17(8-3)11-12-18-9-4/h16H,6-14H2,1-5H3. The number of nitrogens with zero attached hydrogens (tertiary/aromatic N) is 1. The third-order valence-electron chi connectivity index (χ3n) is 3.64. The molecule has 3 nitrogen and oxygen atoms in total. The summed E-state index contributed by atoms with van der Waals surface area (Å²) >= 11 is 0. The second-order valence-corrected chi connectivity index (χ2v) is 5.41. The molecule has 0 fully saturated rings. The maximum atomic E-state index is 5.46. The predicted octanol–water partition coefficient (Wildman–Crippen LogP) is 2.76. The molecule has 0 aliphatic carbocycles. The molecule has 0 saturated heterocycles. The van der Waals surface area contributed by atoms with Gasteiger partial charge in [-0.2, -0.15) is 0 Å². The van der Waals surface area contributed by atoms with Crippen LogP contribution in [0.15, 0.2) is 0 Å². The zero-order valence-electron chi connectivity index (χ0n) is 13.2. The summed E-state index contributed by atoms with van der Waals surface area (Å²) in [6.45, 7) is 18.4. The number of ether oxygens (including phenoxy) is 1. The van der Waals surface area contributed by atoms with Crippen LogP contribution in [0.5, 0.6) is 0 Å². The lowest BCUT2D eigenvalue weighted by Gasteiger charge is -2.34. The summed E-state index contributed by atoms with van der Waals surface area (Å²) in [4.78, 5) is 2.51. The predicted molar refractivity (Wildman–Crippen MR) is 80.2 cm³/mol. The maximum Gasteiger partial charge on any atom is 0.0593 e. The van der Waals surface area contributed by atoms with Crippen molar-refractivity contribution < 1.29 is 4.74 Å². The van der Waals surface area contributed by atoms with Crippen LogP contribution in [0, 0.1) is 5.41 Å². The van der Waals surface area contributed by atoms with Crippen LogP contribution in [0.1, 0.15) is 47.5 Å². The van der Waals surface area contributed by atoms with E-state index in [1.165, 1.54) is 12.8 Å². The molecule has 0 radical (unpaired) electrons. The molecular weight excluding hydrogens is 224 g/mol. The van der Waals surface area contributed by atoms with Gasteiger partial charge >= 0.3 is 0 Å². The largest absolute Gasteiger partial charge is 0.380 e. The highest BCUT2D eigenvalue weighted by atomic mass is 16.5. The highest BCUT2D eigenvalue weighted by Crippen LogP contribution is 2.21. The van der Waals surface area contributed by atoms with Gasteiger partial charge in [0.2, 0.25) is 0 Å². The summed E-state index contributed by atoms with van der Waals surface area (Å²) in [5.41, 5.74) is 0.372. The van der Waals surface area contributed by atoms with Crippen LogP contribution >= 0.6 is 0 Å². The van der Waals surface area contributed by atoms with Crippen molar-refractivity contribution in [2.75, 3.05) is 45.9 Å². The molecule has 1 N–H and O–H groups in total. The number of likely N-dealkylation sites (N-methyl/N-ethyl adjacent to an activating group) is 1. The Labute approximate surface area is 114 Å². The van der Waals surface area contributed by atoms with Crippen LogP contribution in [0.3, 0.4) is 0 Å². The first kappa shape index (κ1) is 17.9. The summed E-state index contributed by atoms with van der Waals surface area (Å²) in [6.07, 6.45) is 2.43. The molecule has 0 aromatic carbocycles. The molecule has 1 atom stereocenters. The molecule has 0 amide bonds. The van der Waals surface area contributed by atoms with E-state index in [4.69, 9.17) is 4.74 Å². The summed E-state index contributed by atoms with van der Waals surface area (Å²) in [5.74, 6) is 0. The van der Waals surface area contributed by atoms with Gasteiger partial charge in [0.25, 0.3) is 0 Å². The van der Waals surface area contributed by atoms with Crippen LogP contribution in [-0.2, 0) is 4.74 Å². The maximum absolute atomic E-state index is 5.46. The summed E-state index contributed by atoms with van der Waals surface area (Å²) in [7, 11) is 0. The van der Waals surface area contributed by atoms with Gasteiger partial charge in [0, 0.05) is 26.2 Å². The quantitative estimate of drug-likeness (QED) is 0.545. The molecule has 0 aliphatic rings. The van der Waals surface area contributed by atoms with Gasteiger partial charge in [-0.1, -0.05) is 27.7 Å². The van der Waals surface area contributed by atoms with Gasteiger partial charge in [0.05, 0.1) is 6.61 Å². The van der Waals surface area contributed by atoms with Crippen molar-refractivity contribution >= 4 is 0 Å². The molecular formula is C15H34N2O. The minimum absolute atomic E-state index is 0.372. The van der Waals surface area contributed by atoms with E-state index in [1.807, 2.05) is 0 Å². The number of hydrogen-bond donors (Lipinski definition) is 1. The molecule has 0 bridgehead atoms. The highest BCUT2D eigenvalue weighted by Gasteiger charge is 2.24. The lowest BCUT2D eigenvalue weighted by Crippen LogP contribution is -2.43. The molecule has 0 aromatic heterocycles. The summed E-state index contributed by atoms with van der Waals surface area (Å²) < 4.78 is 5.46. The summed E-state index contributed by atoms with van der Waals surface area (Å²) in [6, 6.07) is 0. The zero-order chi connectivity index (χ0) is 13.9. The molecule has 0 saturated carbocycles. The van der Waals surface area contributed by atoms with Crippen molar-refractivity contribution in [2.45, 2.75) is 47.5 Å². The average molecular weight is 258 g/mol. The monoisotopic (exact) mass is 258 g/mol. The molecule has 0 aromatic rings. The first-order valence-corrected chi connectivity index (χ1v) is 7.62. The fourth-order valence-electron chi connectivity index (χ4n) is 2.09. The number of nitrogens with one attached hydrogen (secondary N) is 1. The molecule has 1 unspecified atom stereocenters. The van der Waals surface area contributed by atoms with Gasteiger partial charge in [-0.15, -0.1) is 0 Å². The Bertz CT molecular complexity index is 187. The lowest BCUT2D eigenvalue weighted by atomic mass is 9.86. The van der Waals surface area contributed by atoms with E-state index in [-0.39, 0.29) is 0 Å². The van der Waals surface area contributed by atoms with Crippen LogP contribution in [-0.4, -0.2) is 50.8 Å². The van der Waals surface area contributed by atoms with Gasteiger partial charge in [-0.25, -0.2) is 0 Å². The van der Waals surface area contributed by atoms with Gasteiger partial charge in [-0.05, 0) is 38.3 Å². The van der Waals surface area contributed by atoms with Crippen molar-refractivity contribution in [1.82, 2.24) is 10.2 Å². The van der Waals surface area contributed by atoms with Crippen molar-refractivity contribution in [3.63, 3.8) is 0 Å². The molecule has 3 heteroatoms. The lowest BCUT2D eigenvalue weighted by molar-refractivity contribution is 0.0915. The Morgan fingerprint density at radius 3 is 2.39 bits per heavy atom. The van der Waals surface area contributed by atoms with Gasteiger partial charge in [0.1, 0.15) is 0 Å². The van der Waals surface area contributed by atoms with Gasteiger partial charge in [0.15, 0.2) is 0 Å². The third kappa shape index (κ3) is 8.06. The normalized spacial score (nSPS) is 15.0. The van der Waals surface area contributed by atoms with E-state index < -0.39 is 0 Å². The summed E-state index contributed by atoms with van der Waals surface area (Å²) in [5, 5.41) is 3.57. The number of hydrogen-bond acceptors (Lipinski definition) is 3. The first-order valence-electron chi connectivity index (χ1n) is 7.62. The van der Waals surface area contributed by atoms with E-state index in [0.29, 0.717) is 5.41 Å². The highest BCUT2D eigenvalue weighted by molar-refractivity contribution is 4.79. The van der Waals surface area contributed by atoms with E-state index >= 15 is 0 Å². The fraction of sp³-hybridized carbons (Fsp3) is 1.00. The topological polar surface area (TPSA) is 24.5 Å². The Hall–Kier alpha value is -0.120. The zero-order valence-corrected chi connectivity index (χ0v) is 13.2. The van der Waals surface area contributed by atoms with Crippen molar-refractivity contribution in [3.8, 4) is 0 Å². The smallest absolute Gasteiger partial charge is 0.0593 e. The van der Waals surface area contributed by atoms with E-state index in [0.717, 1.165) is 45.9 Å². The second-order valence-electron chi connectivity index (χ2n) is 5.41. The molecule has 18 heavy (non-hydrogen) atoms. The molecule has 0 rings (SSSR count). The van der Waals surface area contributed by atoms with Gasteiger partial charge in [-0.3, -0.25) is 0 Å².